The molecule has 1 aromatic rings. The van der Waals surface area contributed by atoms with Gasteiger partial charge in [0, 0.05) is 24.4 Å². The fourth-order valence-corrected chi connectivity index (χ4v) is 1.67. The second-order valence-corrected chi connectivity index (χ2v) is 4.00. The maximum atomic E-state index is 11.9. The van der Waals surface area contributed by atoms with Gasteiger partial charge in [0.1, 0.15) is 0 Å². The average molecular weight is 217 g/mol. The first-order valence-corrected chi connectivity index (χ1v) is 5.80. The highest BCUT2D eigenvalue weighted by Gasteiger charge is 2.07. The first kappa shape index (κ1) is 12.6. The summed E-state index contributed by atoms with van der Waals surface area (Å²) in [5, 5.41) is 0. The summed E-state index contributed by atoms with van der Waals surface area (Å²) in [6.45, 7) is 5.61. The van der Waals surface area contributed by atoms with Crippen molar-refractivity contribution in [2.24, 2.45) is 0 Å². The topological polar surface area (TPSA) is 30.0 Å². The van der Waals surface area contributed by atoms with Gasteiger partial charge in [-0.2, -0.15) is 0 Å². The van der Waals surface area contributed by atoms with Gasteiger partial charge in [0.05, 0.1) is 0 Å². The first-order valence-electron chi connectivity index (χ1n) is 5.80. The first-order chi connectivity index (χ1) is 7.75. The van der Waals surface area contributed by atoms with Gasteiger partial charge in [0.15, 0.2) is 5.78 Å². The Morgan fingerprint density at radius 1 is 1.44 bits per heavy atom. The molecule has 2 nitrogen and oxygen atoms in total. The van der Waals surface area contributed by atoms with Gasteiger partial charge in [-0.25, -0.2) is 0 Å². The van der Waals surface area contributed by atoms with Gasteiger partial charge in [-0.15, -0.1) is 6.58 Å². The minimum Gasteiger partial charge on any atom is -0.294 e. The number of nitrogens with zero attached hydrogens (tertiary/aromatic N) is 1. The van der Waals surface area contributed by atoms with Gasteiger partial charge in [0.2, 0.25) is 0 Å². The standard InChI is InChI=1S/C14H19NO/c1-3-4-5-6-7-8-14(16)13-9-10-15-11-12(13)2/h3,9-11H,1,4-8H2,2H3. The molecule has 2 heteroatoms. The molecule has 1 aromatic heterocycles. The Kier molecular flexibility index (Phi) is 5.48. The third-order valence-corrected chi connectivity index (χ3v) is 2.63. The predicted octanol–water partition coefficient (Wildman–Crippen LogP) is 3.71. The number of ketones is 1. The van der Waals surface area contributed by atoms with E-state index in [1.807, 2.05) is 13.0 Å². The van der Waals surface area contributed by atoms with E-state index in [1.54, 1.807) is 18.5 Å². The molecule has 1 rings (SSSR count). The van der Waals surface area contributed by atoms with Crippen LogP contribution in [0.15, 0.2) is 31.1 Å². The number of pyridine rings is 1. The maximum absolute atomic E-state index is 11.9. The van der Waals surface area contributed by atoms with Crippen molar-refractivity contribution in [2.75, 3.05) is 0 Å². The lowest BCUT2D eigenvalue weighted by atomic mass is 10.0. The Bertz CT molecular complexity index is 358. The van der Waals surface area contributed by atoms with Crippen LogP contribution in [-0.4, -0.2) is 10.8 Å². The van der Waals surface area contributed by atoms with Crippen LogP contribution in [0.4, 0.5) is 0 Å². The van der Waals surface area contributed by atoms with Crippen LogP contribution in [0, 0.1) is 6.92 Å². The van der Waals surface area contributed by atoms with E-state index in [0.717, 1.165) is 36.8 Å². The summed E-state index contributed by atoms with van der Waals surface area (Å²) in [5.41, 5.74) is 1.79. The highest BCUT2D eigenvalue weighted by atomic mass is 16.1. The van der Waals surface area contributed by atoms with Crippen molar-refractivity contribution in [1.29, 1.82) is 0 Å². The number of Topliss-reactive ketones (excluding diaryl/α,β-unsaturated/α-hetero) is 1. The number of aryl methyl sites for hydroxylation is 1. The van der Waals surface area contributed by atoms with Gasteiger partial charge in [-0.3, -0.25) is 9.78 Å². The van der Waals surface area contributed by atoms with Crippen LogP contribution in [0.1, 0.15) is 48.0 Å². The molecule has 86 valence electrons. The van der Waals surface area contributed by atoms with Gasteiger partial charge < -0.3 is 0 Å². The van der Waals surface area contributed by atoms with Crippen LogP contribution in [-0.2, 0) is 0 Å². The summed E-state index contributed by atoms with van der Waals surface area (Å²) < 4.78 is 0. The Morgan fingerprint density at radius 3 is 2.94 bits per heavy atom. The van der Waals surface area contributed by atoms with Gasteiger partial charge in [-0.1, -0.05) is 12.5 Å². The fourth-order valence-electron chi connectivity index (χ4n) is 1.67. The molecule has 0 aromatic carbocycles. The molecule has 0 atom stereocenters. The second kappa shape index (κ2) is 6.94. The molecule has 0 spiro atoms. The molecule has 0 amide bonds. The van der Waals surface area contributed by atoms with Crippen molar-refractivity contribution in [3.8, 4) is 0 Å². The summed E-state index contributed by atoms with van der Waals surface area (Å²) in [5.74, 6) is 0.235. The van der Waals surface area contributed by atoms with E-state index in [9.17, 15) is 4.79 Å². The Labute approximate surface area is 97.4 Å². The second-order valence-electron chi connectivity index (χ2n) is 4.00. The highest BCUT2D eigenvalue weighted by molar-refractivity contribution is 5.97. The number of aromatic nitrogens is 1. The van der Waals surface area contributed by atoms with Crippen molar-refractivity contribution in [1.82, 2.24) is 4.98 Å². The van der Waals surface area contributed by atoms with E-state index in [2.05, 4.69) is 11.6 Å². The lowest BCUT2D eigenvalue weighted by Gasteiger charge is -2.03. The average Bonchev–Trinajstić information content (AvgIpc) is 2.29. The number of hydrogen-bond donors (Lipinski definition) is 0. The molecule has 0 unspecified atom stereocenters. The van der Waals surface area contributed by atoms with E-state index >= 15 is 0 Å². The largest absolute Gasteiger partial charge is 0.294 e. The van der Waals surface area contributed by atoms with Crippen LogP contribution in [0.3, 0.4) is 0 Å². The van der Waals surface area contributed by atoms with Crippen LogP contribution in [0.25, 0.3) is 0 Å². The molecule has 0 aliphatic heterocycles. The lowest BCUT2D eigenvalue weighted by Crippen LogP contribution is -2.01. The minimum atomic E-state index is 0.235. The van der Waals surface area contributed by atoms with E-state index in [0.29, 0.717) is 6.42 Å². The molecule has 0 fully saturated rings. The smallest absolute Gasteiger partial charge is 0.163 e. The van der Waals surface area contributed by atoms with Gasteiger partial charge in [0.25, 0.3) is 0 Å². The zero-order valence-electron chi connectivity index (χ0n) is 9.91. The quantitative estimate of drug-likeness (QED) is 0.396. The third kappa shape index (κ3) is 3.97. The van der Waals surface area contributed by atoms with Gasteiger partial charge >= 0.3 is 0 Å². The molecule has 0 aliphatic carbocycles. The third-order valence-electron chi connectivity index (χ3n) is 2.63. The zero-order chi connectivity index (χ0) is 11.8. The summed E-state index contributed by atoms with van der Waals surface area (Å²) in [6, 6.07) is 1.81. The number of allylic oxidation sites excluding steroid dienone is 1. The zero-order valence-corrected chi connectivity index (χ0v) is 9.91. The lowest BCUT2D eigenvalue weighted by molar-refractivity contribution is 0.0978. The Hall–Kier alpha value is -1.44. The predicted molar refractivity (Wildman–Crippen MR) is 66.6 cm³/mol. The van der Waals surface area contributed by atoms with Crippen molar-refractivity contribution < 1.29 is 4.79 Å². The van der Waals surface area contributed by atoms with E-state index in [1.165, 1.54) is 0 Å². The molecule has 1 heterocycles. The Balaban J connectivity index is 2.36. The van der Waals surface area contributed by atoms with E-state index < -0.39 is 0 Å². The molecular weight excluding hydrogens is 198 g/mol. The van der Waals surface area contributed by atoms with Crippen molar-refractivity contribution in [2.45, 2.75) is 39.0 Å². The van der Waals surface area contributed by atoms with Crippen molar-refractivity contribution in [3.05, 3.63) is 42.2 Å². The molecular formula is C14H19NO. The monoisotopic (exact) mass is 217 g/mol. The molecule has 0 aliphatic rings. The highest BCUT2D eigenvalue weighted by Crippen LogP contribution is 2.11. The van der Waals surface area contributed by atoms with Crippen LogP contribution < -0.4 is 0 Å². The summed E-state index contributed by atoms with van der Waals surface area (Å²) in [6.07, 6.45) is 10.2. The number of unbranched alkanes of at least 4 members (excludes halogenated alkanes) is 3. The molecule has 0 N–H and O–H groups in total. The minimum absolute atomic E-state index is 0.235. The number of rotatable bonds is 7. The molecule has 0 radical (unpaired) electrons. The van der Waals surface area contributed by atoms with Crippen molar-refractivity contribution in [3.63, 3.8) is 0 Å². The van der Waals surface area contributed by atoms with Crippen molar-refractivity contribution >= 4 is 5.78 Å². The molecule has 0 bridgehead atoms. The number of carbonyl (C=O) groups is 1. The summed E-state index contributed by atoms with van der Waals surface area (Å²) in [7, 11) is 0. The Morgan fingerprint density at radius 2 is 2.25 bits per heavy atom. The molecule has 0 saturated carbocycles. The molecule has 0 saturated heterocycles. The van der Waals surface area contributed by atoms with Crippen LogP contribution in [0.5, 0.6) is 0 Å². The SMILES string of the molecule is C=CCCCCCC(=O)c1ccncc1C. The summed E-state index contributed by atoms with van der Waals surface area (Å²) in [4.78, 5) is 15.8. The maximum Gasteiger partial charge on any atom is 0.163 e. The number of carbonyl (C=O) groups excluding carboxylic acids is 1. The van der Waals surface area contributed by atoms with E-state index in [4.69, 9.17) is 0 Å². The van der Waals surface area contributed by atoms with Gasteiger partial charge in [-0.05, 0) is 37.8 Å². The van der Waals surface area contributed by atoms with Crippen LogP contribution in [0.2, 0.25) is 0 Å². The fraction of sp³-hybridized carbons (Fsp3) is 0.429. The number of hydrogen-bond acceptors (Lipinski definition) is 2. The van der Waals surface area contributed by atoms with Crippen LogP contribution >= 0.6 is 0 Å². The molecule has 16 heavy (non-hydrogen) atoms. The summed E-state index contributed by atoms with van der Waals surface area (Å²) >= 11 is 0. The normalized spacial score (nSPS) is 10.1. The van der Waals surface area contributed by atoms with E-state index in [-0.39, 0.29) is 5.78 Å².